The van der Waals surface area contributed by atoms with Gasteiger partial charge in [-0.3, -0.25) is 14.5 Å². The molecule has 0 heterocycles. The Bertz CT molecular complexity index is 1000. The average molecular weight is 381 g/mol. The fourth-order valence-electron chi connectivity index (χ4n) is 2.68. The molecule has 27 heavy (non-hydrogen) atoms. The normalized spacial score (nSPS) is 10.4. The number of carbonyl (C=O) groups excluding carboxylic acids is 2. The number of para-hydroxylation sites is 1. The van der Waals surface area contributed by atoms with Gasteiger partial charge >= 0.3 is 0 Å². The molecule has 0 saturated heterocycles. The topological polar surface area (TPSA) is 115 Å². The van der Waals surface area contributed by atoms with Crippen LogP contribution in [-0.4, -0.2) is 11.8 Å². The summed E-state index contributed by atoms with van der Waals surface area (Å²) < 4.78 is 0. The molecule has 0 spiro atoms. The Morgan fingerprint density at radius 1 is 0.778 bits per heavy atom. The van der Waals surface area contributed by atoms with Crippen LogP contribution in [-0.2, 0) is 0 Å². The van der Waals surface area contributed by atoms with Gasteiger partial charge in [0.2, 0.25) is 0 Å². The third-order valence-corrected chi connectivity index (χ3v) is 4.45. The second-order valence-corrected chi connectivity index (χ2v) is 6.20. The van der Waals surface area contributed by atoms with Gasteiger partial charge in [0.05, 0.1) is 21.8 Å². The molecule has 0 aromatic heterocycles. The second-order valence-electron chi connectivity index (χ2n) is 5.82. The van der Waals surface area contributed by atoms with Crippen LogP contribution in [0.3, 0.4) is 0 Å². The minimum absolute atomic E-state index is 0.0207. The minimum atomic E-state index is -0.716. The van der Waals surface area contributed by atoms with Crippen LogP contribution >= 0.6 is 11.6 Å². The summed E-state index contributed by atoms with van der Waals surface area (Å²) >= 11 is 6.28. The second kappa shape index (κ2) is 7.39. The fraction of sp³-hybridized carbons (Fsp3) is 0. The molecule has 3 rings (SSSR count). The molecule has 0 atom stereocenters. The highest BCUT2D eigenvalue weighted by molar-refractivity contribution is 6.38. The number of anilines is 4. The predicted octanol–water partition coefficient (Wildman–Crippen LogP) is 3.58. The van der Waals surface area contributed by atoms with Crippen molar-refractivity contribution < 1.29 is 9.59 Å². The molecular formula is C20H17ClN4O2. The van der Waals surface area contributed by atoms with Crippen LogP contribution in [0.2, 0.25) is 5.02 Å². The van der Waals surface area contributed by atoms with E-state index in [0.29, 0.717) is 17.1 Å². The van der Waals surface area contributed by atoms with Crippen molar-refractivity contribution in [2.45, 2.75) is 0 Å². The van der Waals surface area contributed by atoms with E-state index in [1.54, 1.807) is 36.4 Å². The zero-order valence-corrected chi connectivity index (χ0v) is 15.0. The first-order chi connectivity index (χ1) is 12.9. The number of rotatable bonds is 4. The molecule has 7 heteroatoms. The van der Waals surface area contributed by atoms with Gasteiger partial charge in [-0.2, -0.15) is 0 Å². The summed E-state index contributed by atoms with van der Waals surface area (Å²) in [7, 11) is 0. The van der Waals surface area contributed by atoms with E-state index in [1.807, 2.05) is 18.2 Å². The highest BCUT2D eigenvalue weighted by Crippen LogP contribution is 2.33. The van der Waals surface area contributed by atoms with E-state index in [0.717, 1.165) is 0 Å². The maximum atomic E-state index is 13.3. The quantitative estimate of drug-likeness (QED) is 0.600. The number of hydrogen-bond donors (Lipinski definition) is 3. The van der Waals surface area contributed by atoms with Gasteiger partial charge in [-0.15, -0.1) is 0 Å². The molecule has 0 aliphatic carbocycles. The van der Waals surface area contributed by atoms with Crippen LogP contribution in [0, 0.1) is 0 Å². The first-order valence-corrected chi connectivity index (χ1v) is 8.40. The Morgan fingerprint density at radius 2 is 1.33 bits per heavy atom. The van der Waals surface area contributed by atoms with Gasteiger partial charge in [0.15, 0.2) is 0 Å². The van der Waals surface area contributed by atoms with Crippen LogP contribution in [0.4, 0.5) is 22.7 Å². The molecule has 6 N–H and O–H groups in total. The average Bonchev–Trinajstić information content (AvgIpc) is 2.66. The van der Waals surface area contributed by atoms with Crippen molar-refractivity contribution in [3.8, 4) is 0 Å². The molecule has 0 aliphatic heterocycles. The van der Waals surface area contributed by atoms with Crippen molar-refractivity contribution in [1.29, 1.82) is 0 Å². The Morgan fingerprint density at radius 3 is 1.93 bits per heavy atom. The number of hydrogen-bond acceptors (Lipinski definition) is 4. The lowest BCUT2D eigenvalue weighted by Gasteiger charge is -2.24. The van der Waals surface area contributed by atoms with Crippen LogP contribution in [0.15, 0.2) is 66.7 Å². The predicted molar refractivity (Wildman–Crippen MR) is 108 cm³/mol. The number of carbonyl (C=O) groups is 2. The molecule has 6 nitrogen and oxygen atoms in total. The van der Waals surface area contributed by atoms with Crippen molar-refractivity contribution >= 4 is 46.2 Å². The summed E-state index contributed by atoms with van der Waals surface area (Å²) in [6.45, 7) is 0. The zero-order chi connectivity index (χ0) is 19.6. The SMILES string of the molecule is NC(=O)c1ccc(C(=O)N(c2ccccc2)c2ccc(N)cc2)c(Cl)c1N. The third-order valence-electron chi connectivity index (χ3n) is 4.04. The molecule has 0 saturated carbocycles. The fourth-order valence-corrected chi connectivity index (χ4v) is 2.92. The Balaban J connectivity index is 2.13. The van der Waals surface area contributed by atoms with Gasteiger partial charge in [-0.25, -0.2) is 0 Å². The number of primary amides is 1. The number of nitrogens with two attached hydrogens (primary N) is 3. The highest BCUT2D eigenvalue weighted by atomic mass is 35.5. The van der Waals surface area contributed by atoms with E-state index in [9.17, 15) is 9.59 Å². The molecule has 0 unspecified atom stereocenters. The Hall–Kier alpha value is -3.51. The molecule has 2 amide bonds. The van der Waals surface area contributed by atoms with Gasteiger partial charge in [0.1, 0.15) is 0 Å². The highest BCUT2D eigenvalue weighted by Gasteiger charge is 2.24. The first kappa shape index (κ1) is 18.3. The van der Waals surface area contributed by atoms with E-state index >= 15 is 0 Å². The minimum Gasteiger partial charge on any atom is -0.399 e. The lowest BCUT2D eigenvalue weighted by molar-refractivity contribution is 0.0988. The molecule has 0 bridgehead atoms. The third kappa shape index (κ3) is 3.56. The number of nitrogens with zero attached hydrogens (tertiary/aromatic N) is 1. The van der Waals surface area contributed by atoms with Gasteiger partial charge in [0, 0.05) is 17.1 Å². The summed E-state index contributed by atoms with van der Waals surface area (Å²) in [5.41, 5.74) is 18.9. The molecular weight excluding hydrogens is 364 g/mol. The molecule has 0 aliphatic rings. The van der Waals surface area contributed by atoms with E-state index < -0.39 is 11.8 Å². The molecule has 0 fully saturated rings. The molecule has 0 radical (unpaired) electrons. The maximum Gasteiger partial charge on any atom is 0.264 e. The number of amides is 2. The van der Waals surface area contributed by atoms with Crippen molar-refractivity contribution in [3.05, 3.63) is 82.9 Å². The van der Waals surface area contributed by atoms with Crippen LogP contribution < -0.4 is 22.1 Å². The summed E-state index contributed by atoms with van der Waals surface area (Å²) in [4.78, 5) is 26.3. The van der Waals surface area contributed by atoms with Crippen molar-refractivity contribution in [3.63, 3.8) is 0 Å². The number of nitrogen functional groups attached to an aromatic ring is 2. The van der Waals surface area contributed by atoms with Gasteiger partial charge < -0.3 is 17.2 Å². The first-order valence-electron chi connectivity index (χ1n) is 8.03. The number of halogens is 1. The van der Waals surface area contributed by atoms with Crippen LogP contribution in [0.25, 0.3) is 0 Å². The lowest BCUT2D eigenvalue weighted by atomic mass is 10.1. The molecule has 3 aromatic rings. The van der Waals surface area contributed by atoms with Gasteiger partial charge in [-0.1, -0.05) is 29.8 Å². The summed E-state index contributed by atoms with van der Waals surface area (Å²) in [5, 5.41) is -0.0207. The number of benzene rings is 3. The van der Waals surface area contributed by atoms with Crippen LogP contribution in [0.5, 0.6) is 0 Å². The van der Waals surface area contributed by atoms with E-state index in [1.165, 1.54) is 17.0 Å². The maximum absolute atomic E-state index is 13.3. The summed E-state index contributed by atoms with van der Waals surface area (Å²) in [6, 6.07) is 18.8. The van der Waals surface area contributed by atoms with Crippen LogP contribution in [0.1, 0.15) is 20.7 Å². The molecule has 3 aromatic carbocycles. The summed E-state index contributed by atoms with van der Waals surface area (Å²) in [6.07, 6.45) is 0. The van der Waals surface area contributed by atoms with E-state index in [-0.39, 0.29) is 21.8 Å². The largest absolute Gasteiger partial charge is 0.399 e. The zero-order valence-electron chi connectivity index (χ0n) is 14.2. The molecule has 136 valence electrons. The summed E-state index contributed by atoms with van der Waals surface area (Å²) in [5.74, 6) is -1.12. The van der Waals surface area contributed by atoms with Gasteiger partial charge in [-0.05, 0) is 48.5 Å². The van der Waals surface area contributed by atoms with Gasteiger partial charge in [0.25, 0.3) is 11.8 Å². The van der Waals surface area contributed by atoms with E-state index in [2.05, 4.69) is 0 Å². The lowest BCUT2D eigenvalue weighted by Crippen LogP contribution is -2.27. The van der Waals surface area contributed by atoms with Crippen molar-refractivity contribution in [2.75, 3.05) is 16.4 Å². The Kier molecular flexibility index (Phi) is 5.00. The van der Waals surface area contributed by atoms with Crippen molar-refractivity contribution in [1.82, 2.24) is 0 Å². The van der Waals surface area contributed by atoms with E-state index in [4.69, 9.17) is 28.8 Å². The smallest absolute Gasteiger partial charge is 0.264 e. The Labute approximate surface area is 161 Å². The standard InChI is InChI=1S/C20H17ClN4O2/c21-17-15(10-11-16(18(17)23)19(24)26)20(27)25(13-4-2-1-3-5-13)14-8-6-12(22)7-9-14/h1-11H,22-23H2,(H2,24,26). The monoisotopic (exact) mass is 380 g/mol. The van der Waals surface area contributed by atoms with Crippen molar-refractivity contribution in [2.24, 2.45) is 5.73 Å².